The van der Waals surface area contributed by atoms with Crippen molar-refractivity contribution in [2.45, 2.75) is 33.2 Å². The third kappa shape index (κ3) is 3.93. The maximum Gasteiger partial charge on any atom is 0.340 e. The summed E-state index contributed by atoms with van der Waals surface area (Å²) in [4.78, 5) is 35.5. The summed E-state index contributed by atoms with van der Waals surface area (Å²) >= 11 is 5.88. The molecular formula is C17H18ClNO6. The highest BCUT2D eigenvalue weighted by Gasteiger charge is 2.24. The molecule has 0 saturated heterocycles. The van der Waals surface area contributed by atoms with E-state index in [4.69, 9.17) is 21.1 Å². The van der Waals surface area contributed by atoms with Gasteiger partial charge in [0, 0.05) is 11.5 Å². The van der Waals surface area contributed by atoms with Crippen LogP contribution in [0, 0.1) is 12.8 Å². The highest BCUT2D eigenvalue weighted by Crippen LogP contribution is 2.30. The first-order chi connectivity index (χ1) is 11.6. The number of aryl methyl sites for hydroxylation is 1. The summed E-state index contributed by atoms with van der Waals surface area (Å²) in [6.45, 7) is 4.97. The van der Waals surface area contributed by atoms with Gasteiger partial charge in [-0.2, -0.15) is 0 Å². The van der Waals surface area contributed by atoms with Crippen LogP contribution >= 0.6 is 11.6 Å². The van der Waals surface area contributed by atoms with E-state index < -0.39 is 23.5 Å². The molecular weight excluding hydrogens is 350 g/mol. The van der Waals surface area contributed by atoms with Crippen LogP contribution < -0.4 is 10.9 Å². The third-order valence-corrected chi connectivity index (χ3v) is 4.24. The second-order valence-electron chi connectivity index (χ2n) is 6.10. The lowest BCUT2D eigenvalue weighted by Gasteiger charge is -2.18. The molecule has 1 heterocycles. The topological polar surface area (TPSA) is 117 Å². The molecule has 1 aromatic carbocycles. The number of aromatic hydroxyl groups is 1. The van der Waals surface area contributed by atoms with Gasteiger partial charge in [0.05, 0.1) is 17.0 Å². The first-order valence-corrected chi connectivity index (χ1v) is 7.96. The fourth-order valence-corrected chi connectivity index (χ4v) is 2.66. The van der Waals surface area contributed by atoms with Crippen molar-refractivity contribution in [3.05, 3.63) is 38.7 Å². The van der Waals surface area contributed by atoms with Gasteiger partial charge in [-0.3, -0.25) is 4.79 Å². The van der Waals surface area contributed by atoms with Crippen LogP contribution in [-0.2, 0) is 16.0 Å². The van der Waals surface area contributed by atoms with Crippen LogP contribution in [0.15, 0.2) is 21.3 Å². The summed E-state index contributed by atoms with van der Waals surface area (Å²) in [5, 5.41) is 21.7. The second-order valence-corrected chi connectivity index (χ2v) is 6.50. The summed E-state index contributed by atoms with van der Waals surface area (Å²) in [6, 6.07) is 1.63. The number of aliphatic carboxylic acids is 1. The van der Waals surface area contributed by atoms with Crippen molar-refractivity contribution >= 4 is 34.4 Å². The predicted octanol–water partition coefficient (Wildman–Crippen LogP) is 2.23. The van der Waals surface area contributed by atoms with Crippen molar-refractivity contribution in [2.24, 2.45) is 5.92 Å². The number of carboxylic acid groups (broad SMARTS) is 1. The van der Waals surface area contributed by atoms with Crippen molar-refractivity contribution < 1.29 is 24.2 Å². The minimum atomic E-state index is -1.15. The van der Waals surface area contributed by atoms with Crippen LogP contribution in [0.3, 0.4) is 0 Å². The van der Waals surface area contributed by atoms with Gasteiger partial charge < -0.3 is 19.9 Å². The Hall–Kier alpha value is -2.54. The van der Waals surface area contributed by atoms with Crippen LogP contribution in [0.5, 0.6) is 5.75 Å². The van der Waals surface area contributed by atoms with E-state index in [1.165, 1.54) is 12.1 Å². The highest BCUT2D eigenvalue weighted by molar-refractivity contribution is 6.32. The first-order valence-electron chi connectivity index (χ1n) is 7.58. The van der Waals surface area contributed by atoms with Gasteiger partial charge in [0.15, 0.2) is 0 Å². The predicted molar refractivity (Wildman–Crippen MR) is 92.0 cm³/mol. The molecule has 1 atom stereocenters. The molecule has 0 aliphatic rings. The first kappa shape index (κ1) is 18.8. The maximum absolute atomic E-state index is 12.2. The third-order valence-electron chi connectivity index (χ3n) is 3.94. The molecule has 8 heteroatoms. The zero-order valence-electron chi connectivity index (χ0n) is 13.9. The Balaban J connectivity index is 2.38. The molecule has 1 unspecified atom stereocenters. The lowest BCUT2D eigenvalue weighted by Crippen LogP contribution is -2.45. The van der Waals surface area contributed by atoms with E-state index in [0.717, 1.165) is 0 Å². The van der Waals surface area contributed by atoms with E-state index >= 15 is 0 Å². The summed E-state index contributed by atoms with van der Waals surface area (Å²) in [7, 11) is 0. The molecule has 0 aliphatic carbocycles. The van der Waals surface area contributed by atoms with E-state index in [2.05, 4.69) is 5.32 Å². The Bertz CT molecular complexity index is 902. The Labute approximate surface area is 148 Å². The Morgan fingerprint density at radius 1 is 1.32 bits per heavy atom. The van der Waals surface area contributed by atoms with Gasteiger partial charge in [0.25, 0.3) is 0 Å². The van der Waals surface area contributed by atoms with Crippen molar-refractivity contribution in [3.63, 3.8) is 0 Å². The molecule has 7 nitrogen and oxygen atoms in total. The van der Waals surface area contributed by atoms with Crippen LogP contribution in [0.2, 0.25) is 5.02 Å². The Kier molecular flexibility index (Phi) is 5.37. The molecule has 1 aromatic heterocycles. The van der Waals surface area contributed by atoms with Crippen molar-refractivity contribution in [1.29, 1.82) is 0 Å². The molecule has 0 saturated carbocycles. The summed E-state index contributed by atoms with van der Waals surface area (Å²) < 4.78 is 5.14. The molecule has 2 aromatic rings. The molecule has 2 rings (SSSR count). The monoisotopic (exact) mass is 367 g/mol. The largest absolute Gasteiger partial charge is 0.506 e. The fourth-order valence-electron chi connectivity index (χ4n) is 2.50. The molecule has 25 heavy (non-hydrogen) atoms. The number of benzene rings is 1. The van der Waals surface area contributed by atoms with E-state index in [-0.39, 0.29) is 34.3 Å². The molecule has 0 spiro atoms. The molecule has 1 amide bonds. The van der Waals surface area contributed by atoms with Crippen molar-refractivity contribution in [2.75, 3.05) is 0 Å². The fraction of sp³-hybridized carbons (Fsp3) is 0.353. The normalized spacial score (nSPS) is 12.4. The molecule has 3 N–H and O–H groups in total. The zero-order valence-corrected chi connectivity index (χ0v) is 14.7. The van der Waals surface area contributed by atoms with Crippen molar-refractivity contribution in [1.82, 2.24) is 5.32 Å². The van der Waals surface area contributed by atoms with Gasteiger partial charge in [0.2, 0.25) is 5.91 Å². The van der Waals surface area contributed by atoms with Gasteiger partial charge in [-0.05, 0) is 24.5 Å². The van der Waals surface area contributed by atoms with E-state index in [9.17, 15) is 19.5 Å². The van der Waals surface area contributed by atoms with Gasteiger partial charge in [0.1, 0.15) is 17.4 Å². The summed E-state index contributed by atoms with van der Waals surface area (Å²) in [6.07, 6.45) is -0.320. The number of phenolic OH excluding ortho intramolecular Hbond substituents is 1. The number of carbonyl (C=O) groups is 2. The molecule has 0 radical (unpaired) electrons. The second kappa shape index (κ2) is 7.14. The standard InChI is InChI=1S/C17H18ClNO6/c1-7(2)15(16(22)23)19-14(21)5-10-8(3)9-4-11(18)12(20)6-13(9)25-17(10)24/h4,6-7,15,20H,5H2,1-3H3,(H,19,21)(H,22,23). The quantitative estimate of drug-likeness (QED) is 0.697. The number of carbonyl (C=O) groups excluding carboxylic acids is 1. The average molecular weight is 368 g/mol. The number of amides is 1. The van der Waals surface area contributed by atoms with E-state index in [1.807, 2.05) is 0 Å². The SMILES string of the molecule is Cc1c(CC(=O)NC(C(=O)O)C(C)C)c(=O)oc2cc(O)c(Cl)cc12. The van der Waals surface area contributed by atoms with Crippen LogP contribution in [0.1, 0.15) is 25.0 Å². The minimum Gasteiger partial charge on any atom is -0.506 e. The van der Waals surface area contributed by atoms with Gasteiger partial charge in [-0.15, -0.1) is 0 Å². The number of hydrogen-bond acceptors (Lipinski definition) is 5. The smallest absolute Gasteiger partial charge is 0.340 e. The molecule has 134 valence electrons. The van der Waals surface area contributed by atoms with Crippen LogP contribution in [-0.4, -0.2) is 28.1 Å². The minimum absolute atomic E-state index is 0.0885. The lowest BCUT2D eigenvalue weighted by atomic mass is 10.0. The van der Waals surface area contributed by atoms with E-state index in [0.29, 0.717) is 10.9 Å². The van der Waals surface area contributed by atoms with Crippen LogP contribution in [0.25, 0.3) is 11.0 Å². The maximum atomic E-state index is 12.2. The van der Waals surface area contributed by atoms with Gasteiger partial charge in [-0.25, -0.2) is 9.59 Å². The van der Waals surface area contributed by atoms with Crippen molar-refractivity contribution in [3.8, 4) is 5.75 Å². The van der Waals surface area contributed by atoms with Gasteiger partial charge in [-0.1, -0.05) is 25.4 Å². The molecule has 0 aliphatic heterocycles. The van der Waals surface area contributed by atoms with Crippen LogP contribution in [0.4, 0.5) is 0 Å². The average Bonchev–Trinajstić information content (AvgIpc) is 2.51. The number of hydrogen-bond donors (Lipinski definition) is 3. The number of phenols is 1. The number of nitrogens with one attached hydrogen (secondary N) is 1. The number of fused-ring (bicyclic) bond motifs is 1. The zero-order chi connectivity index (χ0) is 18.9. The molecule has 0 bridgehead atoms. The summed E-state index contributed by atoms with van der Waals surface area (Å²) in [5.74, 6) is -2.27. The highest BCUT2D eigenvalue weighted by atomic mass is 35.5. The lowest BCUT2D eigenvalue weighted by molar-refractivity contribution is -0.143. The van der Waals surface area contributed by atoms with Gasteiger partial charge >= 0.3 is 11.6 Å². The number of halogens is 1. The number of rotatable bonds is 5. The number of carboxylic acids is 1. The summed E-state index contributed by atoms with van der Waals surface area (Å²) in [5.41, 5.74) is 0.0248. The van der Waals surface area contributed by atoms with E-state index in [1.54, 1.807) is 20.8 Å². The molecule has 0 fully saturated rings. The Morgan fingerprint density at radius 2 is 1.96 bits per heavy atom. The Morgan fingerprint density at radius 3 is 2.52 bits per heavy atom.